The summed E-state index contributed by atoms with van der Waals surface area (Å²) in [6, 6.07) is 59.5. The second kappa shape index (κ2) is 12.9. The van der Waals surface area contributed by atoms with Gasteiger partial charge in [-0.05, 0) is 208 Å². The number of furan rings is 2. The van der Waals surface area contributed by atoms with Crippen LogP contribution in [-0.2, 0) is 16.2 Å². The standard InChI is InChI=1S/C67H50O2/c1-35-25-49-39-19-13-15-23-59(39)68-61(49)33-43(35)45-27-57-63(41-21-11-9-17-37(41)45)51-31-53-47(29-55(51)66(57,5)6)48-30-56-52(32-54(48)65(53,3)4)64-42-22-12-10-18-38(42)46(28-58(64)67(56,7)8)44-34-62-50(26-36(44)2)40-20-14-16-24-60(40)69-62/h9-34H,1-8H3. The van der Waals surface area contributed by atoms with Gasteiger partial charge in [0.2, 0.25) is 0 Å². The lowest BCUT2D eigenvalue weighted by Gasteiger charge is -2.25. The van der Waals surface area contributed by atoms with Crippen molar-refractivity contribution in [2.75, 3.05) is 0 Å². The summed E-state index contributed by atoms with van der Waals surface area (Å²) < 4.78 is 13.0. The molecule has 0 atom stereocenters. The lowest BCUT2D eigenvalue weighted by Crippen LogP contribution is -2.17. The normalized spacial score (nSPS) is 15.6. The Kier molecular flexibility index (Phi) is 7.35. The quantitative estimate of drug-likeness (QED) is 0.173. The van der Waals surface area contributed by atoms with Gasteiger partial charge in [-0.15, -0.1) is 0 Å². The number of hydrogen-bond acceptors (Lipinski definition) is 2. The first-order chi connectivity index (χ1) is 33.3. The molecule has 12 aromatic rings. The van der Waals surface area contributed by atoms with Crippen LogP contribution in [0.3, 0.4) is 0 Å². The largest absolute Gasteiger partial charge is 0.456 e. The van der Waals surface area contributed by atoms with Crippen LogP contribution in [0.2, 0.25) is 0 Å². The summed E-state index contributed by atoms with van der Waals surface area (Å²) >= 11 is 0. The first kappa shape index (κ1) is 39.3. The first-order valence-corrected chi connectivity index (χ1v) is 24.6. The zero-order valence-electron chi connectivity index (χ0n) is 40.3. The van der Waals surface area contributed by atoms with Gasteiger partial charge in [-0.1, -0.05) is 126 Å². The minimum absolute atomic E-state index is 0.210. The van der Waals surface area contributed by atoms with E-state index in [1.165, 1.54) is 143 Å². The van der Waals surface area contributed by atoms with Crippen LogP contribution in [0.25, 0.3) is 121 Å². The Morgan fingerprint density at radius 1 is 0.261 bits per heavy atom. The third kappa shape index (κ3) is 4.91. The van der Waals surface area contributed by atoms with Gasteiger partial charge >= 0.3 is 0 Å². The van der Waals surface area contributed by atoms with Gasteiger partial charge in [0, 0.05) is 37.8 Å². The smallest absolute Gasteiger partial charge is 0.136 e. The molecule has 69 heavy (non-hydrogen) atoms. The van der Waals surface area contributed by atoms with Crippen molar-refractivity contribution in [2.24, 2.45) is 0 Å². The summed E-state index contributed by atoms with van der Waals surface area (Å²) in [4.78, 5) is 0. The molecule has 2 aromatic heterocycles. The van der Waals surface area contributed by atoms with E-state index in [1.54, 1.807) is 0 Å². The van der Waals surface area contributed by atoms with E-state index in [9.17, 15) is 0 Å². The van der Waals surface area contributed by atoms with Crippen molar-refractivity contribution in [1.29, 1.82) is 0 Å². The molecule has 0 radical (unpaired) electrons. The summed E-state index contributed by atoms with van der Waals surface area (Å²) in [6.07, 6.45) is 0. The Morgan fingerprint density at radius 3 is 1.00 bits per heavy atom. The summed E-state index contributed by atoms with van der Waals surface area (Å²) in [6.45, 7) is 19.2. The summed E-state index contributed by atoms with van der Waals surface area (Å²) in [7, 11) is 0. The molecule has 0 amide bonds. The maximum atomic E-state index is 6.48. The minimum Gasteiger partial charge on any atom is -0.456 e. The molecule has 330 valence electrons. The van der Waals surface area contributed by atoms with E-state index in [0.717, 1.165) is 22.3 Å². The van der Waals surface area contributed by atoms with Crippen molar-refractivity contribution >= 4 is 65.4 Å². The molecule has 3 aliphatic rings. The van der Waals surface area contributed by atoms with E-state index in [0.29, 0.717) is 0 Å². The fourth-order valence-corrected chi connectivity index (χ4v) is 13.7. The highest BCUT2D eigenvalue weighted by Gasteiger charge is 2.45. The third-order valence-corrected chi connectivity index (χ3v) is 17.3. The number of rotatable bonds is 2. The van der Waals surface area contributed by atoms with Crippen LogP contribution in [-0.4, -0.2) is 0 Å². The molecule has 0 aliphatic heterocycles. The molecule has 0 saturated carbocycles. The molecule has 0 fully saturated rings. The first-order valence-electron chi connectivity index (χ1n) is 24.6. The molecule has 15 rings (SSSR count). The van der Waals surface area contributed by atoms with E-state index in [4.69, 9.17) is 8.83 Å². The number of aryl methyl sites for hydroxylation is 2. The predicted octanol–water partition coefficient (Wildman–Crippen LogP) is 18.7. The van der Waals surface area contributed by atoms with Crippen LogP contribution in [0.1, 0.15) is 86.1 Å². The molecule has 0 bridgehead atoms. The lowest BCUT2D eigenvalue weighted by atomic mass is 9.78. The van der Waals surface area contributed by atoms with Crippen molar-refractivity contribution in [2.45, 2.75) is 71.6 Å². The van der Waals surface area contributed by atoms with Crippen LogP contribution in [0, 0.1) is 13.8 Å². The summed E-state index contributed by atoms with van der Waals surface area (Å²) in [5, 5.41) is 9.85. The number of fused-ring (bicyclic) bond motifs is 19. The Labute approximate surface area is 401 Å². The minimum atomic E-state index is -0.228. The van der Waals surface area contributed by atoms with E-state index in [2.05, 4.69) is 213 Å². The van der Waals surface area contributed by atoms with E-state index in [1.807, 2.05) is 0 Å². The molecule has 2 nitrogen and oxygen atoms in total. The van der Waals surface area contributed by atoms with E-state index in [-0.39, 0.29) is 16.2 Å². The van der Waals surface area contributed by atoms with Crippen molar-refractivity contribution in [1.82, 2.24) is 0 Å². The fraction of sp³-hybridized carbons (Fsp3) is 0.164. The molecule has 2 heteroatoms. The highest BCUT2D eigenvalue weighted by molar-refractivity contribution is 6.14. The molecule has 0 unspecified atom stereocenters. The Balaban J connectivity index is 0.896. The van der Waals surface area contributed by atoms with Gasteiger partial charge in [0.25, 0.3) is 0 Å². The highest BCUT2D eigenvalue weighted by Crippen LogP contribution is 2.62. The topological polar surface area (TPSA) is 26.3 Å². The van der Waals surface area contributed by atoms with Gasteiger partial charge < -0.3 is 8.83 Å². The van der Waals surface area contributed by atoms with Crippen LogP contribution in [0.4, 0.5) is 0 Å². The highest BCUT2D eigenvalue weighted by atomic mass is 16.3. The zero-order chi connectivity index (χ0) is 46.6. The van der Waals surface area contributed by atoms with Gasteiger partial charge in [0.05, 0.1) is 0 Å². The van der Waals surface area contributed by atoms with Gasteiger partial charge in [0.15, 0.2) is 0 Å². The Bertz CT molecular complexity index is 4070. The van der Waals surface area contributed by atoms with Crippen LogP contribution in [0.5, 0.6) is 0 Å². The predicted molar refractivity (Wildman–Crippen MR) is 289 cm³/mol. The molecule has 2 heterocycles. The Morgan fingerprint density at radius 2 is 0.580 bits per heavy atom. The van der Waals surface area contributed by atoms with Crippen LogP contribution >= 0.6 is 0 Å². The monoisotopic (exact) mass is 886 g/mol. The maximum absolute atomic E-state index is 6.48. The van der Waals surface area contributed by atoms with Gasteiger partial charge in [-0.25, -0.2) is 0 Å². The summed E-state index contributed by atoms with van der Waals surface area (Å²) in [5.74, 6) is 0. The fourth-order valence-electron chi connectivity index (χ4n) is 13.7. The van der Waals surface area contributed by atoms with Crippen LogP contribution in [0.15, 0.2) is 167 Å². The van der Waals surface area contributed by atoms with Gasteiger partial charge in [-0.3, -0.25) is 0 Å². The van der Waals surface area contributed by atoms with Crippen molar-refractivity contribution < 1.29 is 8.83 Å². The van der Waals surface area contributed by atoms with E-state index < -0.39 is 0 Å². The van der Waals surface area contributed by atoms with Crippen molar-refractivity contribution in [3.8, 4) is 55.6 Å². The van der Waals surface area contributed by atoms with Crippen molar-refractivity contribution in [3.63, 3.8) is 0 Å². The molecular formula is C67H50O2. The zero-order valence-corrected chi connectivity index (χ0v) is 40.3. The average Bonchev–Trinajstić information content (AvgIpc) is 4.08. The third-order valence-electron chi connectivity index (χ3n) is 17.3. The Hall–Kier alpha value is -7.68. The van der Waals surface area contributed by atoms with Crippen molar-refractivity contribution in [3.05, 3.63) is 202 Å². The second-order valence-corrected chi connectivity index (χ2v) is 22.1. The van der Waals surface area contributed by atoms with Gasteiger partial charge in [0.1, 0.15) is 22.3 Å². The molecule has 0 spiro atoms. The maximum Gasteiger partial charge on any atom is 0.136 e. The summed E-state index contributed by atoms with van der Waals surface area (Å²) in [5.41, 5.74) is 27.2. The number of para-hydroxylation sites is 2. The lowest BCUT2D eigenvalue weighted by molar-refractivity contribution is 0.649. The van der Waals surface area contributed by atoms with Gasteiger partial charge in [-0.2, -0.15) is 0 Å². The molecule has 3 aliphatic carbocycles. The second-order valence-electron chi connectivity index (χ2n) is 22.1. The number of hydrogen-bond donors (Lipinski definition) is 0. The molecular weight excluding hydrogens is 837 g/mol. The number of benzene rings is 10. The molecule has 0 saturated heterocycles. The SMILES string of the molecule is Cc1cc2c(cc1-c1cc3c(c4ccccc14)-c1cc4c(cc1C3(C)C)-c1cc3c(cc1C4(C)C)-c1c(cc(-c4cc5oc6ccccc6c5cc4C)c4ccccc14)C3(C)C)oc1ccccc12. The van der Waals surface area contributed by atoms with E-state index >= 15 is 0 Å². The molecule has 0 N–H and O–H groups in total. The van der Waals surface area contributed by atoms with Crippen LogP contribution < -0.4 is 0 Å². The molecule has 10 aromatic carbocycles. The average molecular weight is 887 g/mol.